The van der Waals surface area contributed by atoms with Gasteiger partial charge < -0.3 is 49.5 Å². The summed E-state index contributed by atoms with van der Waals surface area (Å²) in [6.07, 6.45) is 0. The van der Waals surface area contributed by atoms with Crippen LogP contribution in [0.15, 0.2) is 113 Å². The maximum absolute atomic E-state index is 13.8. The van der Waals surface area contributed by atoms with Crippen molar-refractivity contribution in [3.8, 4) is 45.4 Å². The van der Waals surface area contributed by atoms with Gasteiger partial charge in [0.25, 0.3) is 11.8 Å². The van der Waals surface area contributed by atoms with Gasteiger partial charge in [0.05, 0.1) is 37.3 Å². The number of nitrogens with one attached hydrogen (secondary N) is 3. The zero-order chi connectivity index (χ0) is 46.8. The third-order valence-corrected chi connectivity index (χ3v) is 12.0. The van der Waals surface area contributed by atoms with Crippen molar-refractivity contribution >= 4 is 34.4 Å². The van der Waals surface area contributed by atoms with Crippen molar-refractivity contribution < 1.29 is 48.0 Å². The van der Waals surface area contributed by atoms with Gasteiger partial charge in [0.2, 0.25) is 0 Å². The fourth-order valence-electron chi connectivity index (χ4n) is 8.93. The number of ether oxygens (including phenoxy) is 4. The summed E-state index contributed by atoms with van der Waals surface area (Å²) in [5.74, 6) is -0.155. The number of hydrogen-bond acceptors (Lipinski definition) is 12. The lowest BCUT2D eigenvalue weighted by Gasteiger charge is -2.36. The second kappa shape index (κ2) is 18.7. The molecule has 3 aliphatic heterocycles. The number of esters is 1. The Bertz CT molecular complexity index is 3070. The molecule has 0 bridgehead atoms. The highest BCUT2D eigenvalue weighted by atomic mass is 16.6. The van der Waals surface area contributed by atoms with Crippen LogP contribution in [-0.4, -0.2) is 80.6 Å². The second-order valence-corrected chi connectivity index (χ2v) is 16.4. The predicted molar refractivity (Wildman–Crippen MR) is 252 cm³/mol. The van der Waals surface area contributed by atoms with Gasteiger partial charge in [0, 0.05) is 100 Å². The summed E-state index contributed by atoms with van der Waals surface area (Å²) in [6.45, 7) is 11.0. The van der Waals surface area contributed by atoms with Crippen LogP contribution in [0.4, 0.5) is 5.69 Å². The smallest absolute Gasteiger partial charge is 0.340 e. The Hall–Kier alpha value is -7.68. The Morgan fingerprint density at radius 1 is 0.701 bits per heavy atom. The third-order valence-electron chi connectivity index (χ3n) is 12.0. The van der Waals surface area contributed by atoms with E-state index in [-0.39, 0.29) is 79.9 Å². The maximum atomic E-state index is 13.8. The maximum Gasteiger partial charge on any atom is 0.340 e. The van der Waals surface area contributed by atoms with Gasteiger partial charge in [-0.25, -0.2) is 4.79 Å². The zero-order valence-electron chi connectivity index (χ0n) is 37.6. The summed E-state index contributed by atoms with van der Waals surface area (Å²) < 4.78 is 30.2. The molecule has 0 fully saturated rings. The standard InChI is InChI=1S/C53H50N4O10/c1-5-54-43-28-45-38(23-30(43)3)49(39-24-31(4)44(55-6-2)29-46(39)65-45)35-9-7-8-10-36(35)51(61)57-18-20-64-22-21-63-19-17-56-50(60)32-11-14-37-42(25-32)53(67-52(37)62)40-15-12-33(58)26-47(40)66-48-27-34(59)13-16-41(48)53/h7-16,23-29,54,58-59H,5-6,17-22H2,1-4H3,(H,56,60)(H,57,61). The largest absolute Gasteiger partial charge is 0.508 e. The Morgan fingerprint density at radius 3 is 2.07 bits per heavy atom. The fourth-order valence-corrected chi connectivity index (χ4v) is 8.93. The molecule has 5 aromatic rings. The third kappa shape index (κ3) is 8.41. The van der Waals surface area contributed by atoms with Crippen molar-refractivity contribution in [2.75, 3.05) is 57.9 Å². The molecular weight excluding hydrogens is 853 g/mol. The minimum Gasteiger partial charge on any atom is -0.508 e. The molecule has 67 heavy (non-hydrogen) atoms. The highest BCUT2D eigenvalue weighted by Gasteiger charge is 2.54. The highest BCUT2D eigenvalue weighted by Crippen LogP contribution is 2.57. The molecule has 9 rings (SSSR count). The quantitative estimate of drug-likeness (QED) is 0.0378. The number of fused-ring (bicyclic) bond motifs is 8. The lowest BCUT2D eigenvalue weighted by molar-refractivity contribution is 0.0224. The zero-order valence-corrected chi connectivity index (χ0v) is 37.6. The fraction of sp³-hybridized carbons (Fsp3) is 0.245. The molecule has 4 aliphatic rings. The molecule has 0 saturated carbocycles. The van der Waals surface area contributed by atoms with Gasteiger partial charge in [-0.2, -0.15) is 0 Å². The number of aromatic hydroxyl groups is 2. The molecule has 0 saturated heterocycles. The van der Waals surface area contributed by atoms with Crippen LogP contribution in [0, 0.1) is 13.8 Å². The van der Waals surface area contributed by atoms with Gasteiger partial charge in [-0.1, -0.05) is 18.2 Å². The van der Waals surface area contributed by atoms with Crippen LogP contribution in [0.25, 0.3) is 33.4 Å². The molecule has 3 heterocycles. The molecule has 5 aromatic carbocycles. The number of benzene rings is 6. The molecule has 0 aromatic heterocycles. The van der Waals surface area contributed by atoms with E-state index < -0.39 is 11.6 Å². The van der Waals surface area contributed by atoms with Gasteiger partial charge >= 0.3 is 5.97 Å². The van der Waals surface area contributed by atoms with Crippen molar-refractivity contribution in [2.24, 2.45) is 4.99 Å². The van der Waals surface area contributed by atoms with Crippen LogP contribution in [0.5, 0.6) is 23.0 Å². The minimum atomic E-state index is -1.49. The van der Waals surface area contributed by atoms with Gasteiger partial charge in [-0.3, -0.25) is 14.6 Å². The SMILES string of the molecule is CCN=c1cc2oc3cc(NCC)c(C)cc3c(-c3ccccc3C(=O)NCCOCCOCCNC(=O)c3ccc4c(c3)C3(OC4=O)c4ccc(O)cc4Oc4cc(O)ccc43)c-2cc1C. The summed E-state index contributed by atoms with van der Waals surface area (Å²) in [5, 5.41) is 31.5. The number of phenols is 2. The Morgan fingerprint density at radius 2 is 1.39 bits per heavy atom. The lowest BCUT2D eigenvalue weighted by atomic mass is 9.77. The summed E-state index contributed by atoms with van der Waals surface area (Å²) in [4.78, 5) is 45.2. The van der Waals surface area contributed by atoms with Gasteiger partial charge in [-0.05, 0) is 105 Å². The van der Waals surface area contributed by atoms with Crippen LogP contribution < -0.4 is 26.0 Å². The molecule has 1 spiro atoms. The first kappa shape index (κ1) is 44.5. The average Bonchev–Trinajstić information content (AvgIpc) is 3.60. The molecule has 0 radical (unpaired) electrons. The van der Waals surface area contributed by atoms with Gasteiger partial charge in [0.15, 0.2) is 5.60 Å². The summed E-state index contributed by atoms with van der Waals surface area (Å²) in [5.41, 5.74) is 7.30. The molecule has 14 heteroatoms. The highest BCUT2D eigenvalue weighted by molar-refractivity contribution is 6.10. The number of anilines is 1. The Kier molecular flexibility index (Phi) is 12.4. The number of carbonyl (C=O) groups is 3. The van der Waals surface area contributed by atoms with Crippen molar-refractivity contribution in [1.82, 2.24) is 10.6 Å². The minimum absolute atomic E-state index is 0.0578. The van der Waals surface area contributed by atoms with Crippen LogP contribution in [0.2, 0.25) is 0 Å². The van der Waals surface area contributed by atoms with E-state index in [4.69, 9.17) is 23.4 Å². The van der Waals surface area contributed by atoms with E-state index in [9.17, 15) is 24.6 Å². The Balaban J connectivity index is 0.797. The van der Waals surface area contributed by atoms with E-state index in [1.807, 2.05) is 50.2 Å². The lowest BCUT2D eigenvalue weighted by Crippen LogP contribution is -2.33. The van der Waals surface area contributed by atoms with Crippen molar-refractivity contribution in [1.29, 1.82) is 0 Å². The van der Waals surface area contributed by atoms with E-state index in [2.05, 4.69) is 46.9 Å². The molecule has 14 nitrogen and oxygen atoms in total. The van der Waals surface area contributed by atoms with Crippen molar-refractivity contribution in [2.45, 2.75) is 33.3 Å². The summed E-state index contributed by atoms with van der Waals surface area (Å²) >= 11 is 0. The van der Waals surface area contributed by atoms with E-state index >= 15 is 0 Å². The number of aryl methyl sites for hydroxylation is 2. The Labute approximate surface area is 386 Å². The summed E-state index contributed by atoms with van der Waals surface area (Å²) in [6, 6.07) is 29.5. The average molecular weight is 903 g/mol. The van der Waals surface area contributed by atoms with Crippen LogP contribution in [0.3, 0.4) is 0 Å². The van der Waals surface area contributed by atoms with E-state index in [0.717, 1.165) is 50.8 Å². The summed E-state index contributed by atoms with van der Waals surface area (Å²) in [7, 11) is 0. The van der Waals surface area contributed by atoms with Crippen LogP contribution in [-0.2, 0) is 19.8 Å². The molecule has 2 amide bonds. The van der Waals surface area contributed by atoms with E-state index in [1.54, 1.807) is 30.3 Å². The van der Waals surface area contributed by atoms with Crippen molar-refractivity contribution in [3.05, 3.63) is 153 Å². The first-order valence-electron chi connectivity index (χ1n) is 22.3. The van der Waals surface area contributed by atoms with Gasteiger partial charge in [0.1, 0.15) is 34.3 Å². The number of hydrogen-bond donors (Lipinski definition) is 5. The molecule has 342 valence electrons. The van der Waals surface area contributed by atoms with Gasteiger partial charge in [-0.15, -0.1) is 0 Å². The first-order valence-corrected chi connectivity index (χ1v) is 22.3. The molecule has 0 unspecified atom stereocenters. The first-order chi connectivity index (χ1) is 32.5. The van der Waals surface area contributed by atoms with Crippen LogP contribution >= 0.6 is 0 Å². The van der Waals surface area contributed by atoms with E-state index in [1.165, 1.54) is 24.3 Å². The molecule has 0 atom stereocenters. The monoisotopic (exact) mass is 902 g/mol. The normalized spacial score (nSPS) is 13.5. The second-order valence-electron chi connectivity index (χ2n) is 16.4. The number of phenolic OH excluding ortho intramolecular Hbond substituents is 2. The number of rotatable bonds is 15. The molecule has 5 N–H and O–H groups in total. The van der Waals surface area contributed by atoms with Crippen LogP contribution in [0.1, 0.15) is 72.7 Å². The number of amides is 2. The van der Waals surface area contributed by atoms with Crippen molar-refractivity contribution in [3.63, 3.8) is 0 Å². The molecular formula is C53H50N4O10. The van der Waals surface area contributed by atoms with E-state index in [0.29, 0.717) is 45.7 Å². The number of nitrogens with zero attached hydrogens (tertiary/aromatic N) is 1. The molecule has 1 aliphatic carbocycles. The number of carbonyl (C=O) groups excluding carboxylic acids is 3. The topological polar surface area (TPSA) is 190 Å². The predicted octanol–water partition coefficient (Wildman–Crippen LogP) is 8.35.